The van der Waals surface area contributed by atoms with Crippen molar-refractivity contribution < 1.29 is 0 Å². The van der Waals surface area contributed by atoms with Crippen molar-refractivity contribution in [1.29, 1.82) is 0 Å². The predicted molar refractivity (Wildman–Crippen MR) is 174 cm³/mol. The zero-order valence-corrected chi connectivity index (χ0v) is 24.0. The molecule has 0 bridgehead atoms. The maximum absolute atomic E-state index is 2.43. The summed E-state index contributed by atoms with van der Waals surface area (Å²) in [5.41, 5.74) is 11.4. The van der Waals surface area contributed by atoms with Gasteiger partial charge in [-0.05, 0) is 88.0 Å². The van der Waals surface area contributed by atoms with Gasteiger partial charge in [0.1, 0.15) is 0 Å². The van der Waals surface area contributed by atoms with Gasteiger partial charge in [0, 0.05) is 31.7 Å². The molecular formula is C39H29NS. The minimum absolute atomic E-state index is 0.107. The molecule has 0 saturated carbocycles. The molecule has 0 unspecified atom stereocenters. The highest BCUT2D eigenvalue weighted by Gasteiger charge is 2.33. The van der Waals surface area contributed by atoms with Crippen molar-refractivity contribution in [1.82, 2.24) is 4.57 Å². The molecule has 0 N–H and O–H groups in total. The molecule has 0 amide bonds. The summed E-state index contributed by atoms with van der Waals surface area (Å²) in [6.07, 6.45) is 0. The van der Waals surface area contributed by atoms with Crippen LogP contribution in [0.2, 0.25) is 0 Å². The summed E-state index contributed by atoms with van der Waals surface area (Å²) in [6, 6.07) is 51.1. The summed E-state index contributed by atoms with van der Waals surface area (Å²) >= 11 is 1.89. The highest BCUT2D eigenvalue weighted by molar-refractivity contribution is 7.99. The number of aromatic nitrogens is 1. The second-order valence-corrected chi connectivity index (χ2v) is 12.5. The Labute approximate surface area is 245 Å². The van der Waals surface area contributed by atoms with E-state index in [1.807, 2.05) is 11.8 Å². The number of hydrogen-bond acceptors (Lipinski definition) is 1. The second-order valence-electron chi connectivity index (χ2n) is 11.4. The molecule has 1 nitrogen and oxygen atoms in total. The molecule has 7 aromatic rings. The summed E-state index contributed by atoms with van der Waals surface area (Å²) in [6.45, 7) is 4.75. The molecule has 1 aliphatic rings. The van der Waals surface area contributed by atoms with E-state index in [2.05, 4.69) is 158 Å². The first-order chi connectivity index (χ1) is 20.1. The molecule has 0 saturated heterocycles. The predicted octanol–water partition coefficient (Wildman–Crippen LogP) is 10.9. The van der Waals surface area contributed by atoms with E-state index in [-0.39, 0.29) is 5.41 Å². The quantitative estimate of drug-likeness (QED) is 0.215. The van der Waals surface area contributed by atoms with E-state index in [4.69, 9.17) is 0 Å². The standard InChI is InChI=1S/C39H29NS/c1-39(2)33-24-28(26-11-5-3-6-12-26)18-21-37(33)41-38-22-19-29(25-34(38)39)27-17-20-36-32(23-27)31-15-9-10-16-35(31)40(36)30-13-7-4-8-14-30/h3-25H,1-2H3. The van der Waals surface area contributed by atoms with Crippen molar-refractivity contribution in [3.63, 3.8) is 0 Å². The van der Waals surface area contributed by atoms with Crippen molar-refractivity contribution in [2.24, 2.45) is 0 Å². The maximum Gasteiger partial charge on any atom is 0.0541 e. The van der Waals surface area contributed by atoms with E-state index >= 15 is 0 Å². The number of benzene rings is 6. The van der Waals surface area contributed by atoms with Crippen molar-refractivity contribution in [3.8, 4) is 27.9 Å². The van der Waals surface area contributed by atoms with Crippen LogP contribution in [0.25, 0.3) is 49.7 Å². The van der Waals surface area contributed by atoms with E-state index in [9.17, 15) is 0 Å². The number of hydrogen-bond donors (Lipinski definition) is 0. The molecular weight excluding hydrogens is 515 g/mol. The Morgan fingerprint density at radius 3 is 1.71 bits per heavy atom. The van der Waals surface area contributed by atoms with Gasteiger partial charge in [-0.3, -0.25) is 0 Å². The van der Waals surface area contributed by atoms with Gasteiger partial charge < -0.3 is 4.57 Å². The molecule has 8 rings (SSSR count). The fraction of sp³-hybridized carbons (Fsp3) is 0.0769. The smallest absolute Gasteiger partial charge is 0.0541 e. The average molecular weight is 544 g/mol. The zero-order chi connectivity index (χ0) is 27.6. The van der Waals surface area contributed by atoms with E-state index < -0.39 is 0 Å². The fourth-order valence-corrected chi connectivity index (χ4v) is 7.83. The molecule has 6 aromatic carbocycles. The van der Waals surface area contributed by atoms with Crippen molar-refractivity contribution in [2.45, 2.75) is 29.1 Å². The Morgan fingerprint density at radius 1 is 0.463 bits per heavy atom. The molecule has 2 heterocycles. The number of para-hydroxylation sites is 2. The third kappa shape index (κ3) is 3.86. The maximum atomic E-state index is 2.43. The van der Waals surface area contributed by atoms with Crippen molar-refractivity contribution >= 4 is 33.6 Å². The lowest BCUT2D eigenvalue weighted by Gasteiger charge is -2.35. The van der Waals surface area contributed by atoms with Crippen molar-refractivity contribution in [2.75, 3.05) is 0 Å². The average Bonchev–Trinajstić information content (AvgIpc) is 3.35. The molecule has 0 radical (unpaired) electrons. The van der Waals surface area contributed by atoms with E-state index in [0.29, 0.717) is 0 Å². The van der Waals surface area contributed by atoms with Gasteiger partial charge in [0.15, 0.2) is 0 Å². The number of rotatable bonds is 3. The summed E-state index contributed by atoms with van der Waals surface area (Å²) < 4.78 is 2.38. The molecule has 196 valence electrons. The summed E-state index contributed by atoms with van der Waals surface area (Å²) in [4.78, 5) is 2.70. The molecule has 0 atom stereocenters. The molecule has 0 spiro atoms. The molecule has 2 heteroatoms. The van der Waals surface area contributed by atoms with Gasteiger partial charge in [0.25, 0.3) is 0 Å². The van der Waals surface area contributed by atoms with Crippen LogP contribution in [0, 0.1) is 0 Å². The first kappa shape index (κ1) is 24.3. The largest absolute Gasteiger partial charge is 0.309 e. The van der Waals surface area contributed by atoms with Gasteiger partial charge in [0.05, 0.1) is 11.0 Å². The van der Waals surface area contributed by atoms with Crippen molar-refractivity contribution in [3.05, 3.63) is 151 Å². The van der Waals surface area contributed by atoms with Gasteiger partial charge in [-0.2, -0.15) is 0 Å². The third-order valence-electron chi connectivity index (χ3n) is 8.65. The SMILES string of the molecule is CC1(C)c2cc(-c3ccccc3)ccc2Sc2ccc(-c3ccc4c(c3)c3ccccc3n4-c3ccccc3)cc21. The fourth-order valence-electron chi connectivity index (χ4n) is 6.48. The van der Waals surface area contributed by atoms with Crippen LogP contribution in [0.5, 0.6) is 0 Å². The summed E-state index contributed by atoms with van der Waals surface area (Å²) in [7, 11) is 0. The minimum Gasteiger partial charge on any atom is -0.309 e. The van der Waals surface area contributed by atoms with Crippen LogP contribution in [0.1, 0.15) is 25.0 Å². The summed E-state index contributed by atoms with van der Waals surface area (Å²) in [5.74, 6) is 0. The van der Waals surface area contributed by atoms with Crippen LogP contribution in [0.4, 0.5) is 0 Å². The number of fused-ring (bicyclic) bond motifs is 5. The van der Waals surface area contributed by atoms with Gasteiger partial charge in [-0.1, -0.05) is 111 Å². The first-order valence-corrected chi connectivity index (χ1v) is 15.0. The third-order valence-corrected chi connectivity index (χ3v) is 9.80. The van der Waals surface area contributed by atoms with E-state index in [1.54, 1.807) is 0 Å². The van der Waals surface area contributed by atoms with Gasteiger partial charge in [-0.25, -0.2) is 0 Å². The Kier molecular flexibility index (Phi) is 5.48. The van der Waals surface area contributed by atoms with Crippen LogP contribution in [0.15, 0.2) is 149 Å². The van der Waals surface area contributed by atoms with Gasteiger partial charge >= 0.3 is 0 Å². The van der Waals surface area contributed by atoms with Gasteiger partial charge in [-0.15, -0.1) is 0 Å². The number of nitrogens with zero attached hydrogens (tertiary/aromatic N) is 1. The molecule has 41 heavy (non-hydrogen) atoms. The van der Waals surface area contributed by atoms with Crippen LogP contribution in [-0.4, -0.2) is 4.57 Å². The molecule has 1 aliphatic heterocycles. The zero-order valence-electron chi connectivity index (χ0n) is 23.1. The van der Waals surface area contributed by atoms with Crippen LogP contribution in [-0.2, 0) is 5.41 Å². The lowest BCUT2D eigenvalue weighted by Crippen LogP contribution is -2.23. The second kappa shape index (κ2) is 9.26. The normalized spacial score (nSPS) is 13.7. The van der Waals surface area contributed by atoms with Crippen LogP contribution >= 0.6 is 11.8 Å². The lowest BCUT2D eigenvalue weighted by atomic mass is 9.76. The summed E-state index contributed by atoms with van der Waals surface area (Å²) in [5, 5.41) is 2.57. The van der Waals surface area contributed by atoms with Gasteiger partial charge in [0.2, 0.25) is 0 Å². The van der Waals surface area contributed by atoms with E-state index in [0.717, 1.165) is 0 Å². The Morgan fingerprint density at radius 2 is 1.00 bits per heavy atom. The highest BCUT2D eigenvalue weighted by Crippen LogP contribution is 2.51. The monoisotopic (exact) mass is 543 g/mol. The van der Waals surface area contributed by atoms with Crippen LogP contribution < -0.4 is 0 Å². The Balaban J connectivity index is 1.25. The minimum atomic E-state index is -0.107. The van der Waals surface area contributed by atoms with Crippen LogP contribution in [0.3, 0.4) is 0 Å². The van der Waals surface area contributed by atoms with E-state index in [1.165, 1.54) is 70.7 Å². The highest BCUT2D eigenvalue weighted by atomic mass is 32.2. The molecule has 1 aromatic heterocycles. The molecule has 0 fully saturated rings. The first-order valence-electron chi connectivity index (χ1n) is 14.2. The molecule has 0 aliphatic carbocycles. The lowest BCUT2D eigenvalue weighted by molar-refractivity contribution is 0.608. The Hall–Kier alpha value is -4.53. The topological polar surface area (TPSA) is 4.93 Å². The Bertz CT molecular complexity index is 2080.